The number of phenolic OH excluding ortho intramolecular Hbond substituents is 1. The van der Waals surface area contributed by atoms with Gasteiger partial charge in [0.1, 0.15) is 5.75 Å². The summed E-state index contributed by atoms with van der Waals surface area (Å²) >= 11 is 5.94. The largest absolute Gasteiger partial charge is 0.508 e. The Morgan fingerprint density at radius 2 is 2.23 bits per heavy atom. The molecule has 13 heavy (non-hydrogen) atoms. The molecule has 68 valence electrons. The van der Waals surface area contributed by atoms with Gasteiger partial charge in [0.15, 0.2) is 0 Å². The molecule has 0 unspecified atom stereocenters. The predicted octanol–water partition coefficient (Wildman–Crippen LogP) is 3.46. The zero-order valence-corrected chi connectivity index (χ0v) is 8.95. The molecule has 0 fully saturated rings. The minimum absolute atomic E-state index is 0.390. The van der Waals surface area contributed by atoms with E-state index in [0.717, 1.165) is 21.6 Å². The van der Waals surface area contributed by atoms with Crippen LogP contribution in [0.15, 0.2) is 22.4 Å². The minimum Gasteiger partial charge on any atom is -0.508 e. The van der Waals surface area contributed by atoms with Crippen molar-refractivity contribution < 1.29 is 5.11 Å². The SMILES string of the molecule is CCc1c(O)ccc2sc(S)cc12. The molecule has 0 saturated heterocycles. The van der Waals surface area contributed by atoms with Gasteiger partial charge >= 0.3 is 0 Å². The van der Waals surface area contributed by atoms with Gasteiger partial charge in [0.05, 0.1) is 4.21 Å². The molecule has 0 amide bonds. The summed E-state index contributed by atoms with van der Waals surface area (Å²) in [7, 11) is 0. The van der Waals surface area contributed by atoms with Crippen molar-refractivity contribution in [2.75, 3.05) is 0 Å². The molecule has 0 aliphatic carbocycles. The van der Waals surface area contributed by atoms with E-state index in [9.17, 15) is 5.11 Å². The molecule has 0 atom stereocenters. The summed E-state index contributed by atoms with van der Waals surface area (Å²) in [4.78, 5) is 0. The smallest absolute Gasteiger partial charge is 0.119 e. The third-order valence-electron chi connectivity index (χ3n) is 2.13. The van der Waals surface area contributed by atoms with Crippen LogP contribution in [0.3, 0.4) is 0 Å². The van der Waals surface area contributed by atoms with Crippen molar-refractivity contribution in [2.45, 2.75) is 17.6 Å². The van der Waals surface area contributed by atoms with Gasteiger partial charge in [-0.3, -0.25) is 0 Å². The van der Waals surface area contributed by atoms with Crippen molar-refractivity contribution in [3.8, 4) is 5.75 Å². The number of phenols is 1. The van der Waals surface area contributed by atoms with E-state index in [1.807, 2.05) is 19.1 Å². The van der Waals surface area contributed by atoms with Gasteiger partial charge in [-0.25, -0.2) is 0 Å². The molecule has 0 saturated carbocycles. The highest BCUT2D eigenvalue weighted by atomic mass is 32.2. The zero-order valence-electron chi connectivity index (χ0n) is 7.24. The van der Waals surface area contributed by atoms with Gasteiger partial charge in [0.2, 0.25) is 0 Å². The van der Waals surface area contributed by atoms with E-state index >= 15 is 0 Å². The van der Waals surface area contributed by atoms with Gasteiger partial charge < -0.3 is 5.11 Å². The Hall–Kier alpha value is -0.670. The van der Waals surface area contributed by atoms with E-state index in [1.165, 1.54) is 4.70 Å². The molecule has 1 aromatic carbocycles. The van der Waals surface area contributed by atoms with E-state index in [-0.39, 0.29) is 0 Å². The number of hydrogen-bond acceptors (Lipinski definition) is 3. The van der Waals surface area contributed by atoms with E-state index in [2.05, 4.69) is 12.6 Å². The number of rotatable bonds is 1. The molecule has 2 rings (SSSR count). The molecule has 0 radical (unpaired) electrons. The van der Waals surface area contributed by atoms with Gasteiger partial charge in [0, 0.05) is 15.6 Å². The van der Waals surface area contributed by atoms with Crippen molar-refractivity contribution >= 4 is 34.1 Å². The van der Waals surface area contributed by atoms with E-state index in [4.69, 9.17) is 0 Å². The number of aryl methyl sites for hydroxylation is 1. The second-order valence-corrected chi connectivity index (χ2v) is 4.78. The normalized spacial score (nSPS) is 10.9. The first-order valence-corrected chi connectivity index (χ1v) is 5.42. The fourth-order valence-corrected chi connectivity index (χ4v) is 2.77. The lowest BCUT2D eigenvalue weighted by Crippen LogP contribution is -1.81. The number of thiophene rings is 1. The Morgan fingerprint density at radius 1 is 1.46 bits per heavy atom. The lowest BCUT2D eigenvalue weighted by Gasteiger charge is -2.01. The van der Waals surface area contributed by atoms with Gasteiger partial charge in [-0.15, -0.1) is 24.0 Å². The molecular weight excluding hydrogens is 200 g/mol. The number of benzene rings is 1. The first kappa shape index (κ1) is 8.91. The quantitative estimate of drug-likeness (QED) is 0.691. The summed E-state index contributed by atoms with van der Waals surface area (Å²) < 4.78 is 2.19. The Bertz CT molecular complexity index is 445. The third-order valence-corrected chi connectivity index (χ3v) is 3.43. The highest BCUT2D eigenvalue weighted by Crippen LogP contribution is 2.34. The van der Waals surface area contributed by atoms with Crippen molar-refractivity contribution in [1.82, 2.24) is 0 Å². The number of thiol groups is 1. The summed E-state index contributed by atoms with van der Waals surface area (Å²) in [6.07, 6.45) is 0.854. The average Bonchev–Trinajstić information content (AvgIpc) is 2.45. The van der Waals surface area contributed by atoms with E-state index < -0.39 is 0 Å². The summed E-state index contributed by atoms with van der Waals surface area (Å²) in [6, 6.07) is 5.71. The standard InChI is InChI=1S/C10H10OS2/c1-2-6-7-5-10(12)13-9(7)4-3-8(6)11/h3-5,11-12H,2H2,1H3. The molecule has 1 N–H and O–H groups in total. The fraction of sp³-hybridized carbons (Fsp3) is 0.200. The molecule has 0 bridgehead atoms. The monoisotopic (exact) mass is 210 g/mol. The maximum atomic E-state index is 9.60. The first-order chi connectivity index (χ1) is 6.22. The molecular formula is C10H10OS2. The first-order valence-electron chi connectivity index (χ1n) is 4.15. The lowest BCUT2D eigenvalue weighted by molar-refractivity contribution is 0.470. The van der Waals surface area contributed by atoms with E-state index in [0.29, 0.717) is 5.75 Å². The average molecular weight is 210 g/mol. The van der Waals surface area contributed by atoms with Crippen LogP contribution in [-0.2, 0) is 6.42 Å². The molecule has 1 aromatic heterocycles. The van der Waals surface area contributed by atoms with Crippen LogP contribution in [0.5, 0.6) is 5.75 Å². The Morgan fingerprint density at radius 3 is 2.92 bits per heavy atom. The highest BCUT2D eigenvalue weighted by molar-refractivity contribution is 7.83. The van der Waals surface area contributed by atoms with Crippen LogP contribution < -0.4 is 0 Å². The van der Waals surface area contributed by atoms with Crippen LogP contribution in [0.1, 0.15) is 12.5 Å². The summed E-state index contributed by atoms with van der Waals surface area (Å²) in [6.45, 7) is 2.05. The second kappa shape index (κ2) is 3.24. The number of hydrogen-bond donors (Lipinski definition) is 2. The predicted molar refractivity (Wildman–Crippen MR) is 60.1 cm³/mol. The van der Waals surface area contributed by atoms with Crippen LogP contribution in [0.2, 0.25) is 0 Å². The van der Waals surface area contributed by atoms with Crippen LogP contribution >= 0.6 is 24.0 Å². The number of fused-ring (bicyclic) bond motifs is 1. The third kappa shape index (κ3) is 1.42. The highest BCUT2D eigenvalue weighted by Gasteiger charge is 2.07. The molecule has 2 aromatic rings. The van der Waals surface area contributed by atoms with Crippen LogP contribution in [-0.4, -0.2) is 5.11 Å². The van der Waals surface area contributed by atoms with Crippen LogP contribution in [0, 0.1) is 0 Å². The van der Waals surface area contributed by atoms with Gasteiger partial charge in [0.25, 0.3) is 0 Å². The zero-order chi connectivity index (χ0) is 9.42. The molecule has 1 nitrogen and oxygen atoms in total. The fourth-order valence-electron chi connectivity index (χ4n) is 1.52. The Labute approximate surface area is 86.4 Å². The molecule has 0 spiro atoms. The molecule has 1 heterocycles. The van der Waals surface area contributed by atoms with Crippen molar-refractivity contribution in [3.05, 3.63) is 23.8 Å². The molecule has 3 heteroatoms. The van der Waals surface area contributed by atoms with Crippen molar-refractivity contribution in [2.24, 2.45) is 0 Å². The second-order valence-electron chi connectivity index (χ2n) is 2.91. The van der Waals surface area contributed by atoms with Crippen LogP contribution in [0.4, 0.5) is 0 Å². The Balaban J connectivity index is 2.82. The lowest BCUT2D eigenvalue weighted by atomic mass is 10.1. The van der Waals surface area contributed by atoms with Crippen molar-refractivity contribution in [3.63, 3.8) is 0 Å². The molecule has 0 aliphatic heterocycles. The topological polar surface area (TPSA) is 20.2 Å². The van der Waals surface area contributed by atoms with E-state index in [1.54, 1.807) is 17.4 Å². The number of aromatic hydroxyl groups is 1. The van der Waals surface area contributed by atoms with Gasteiger partial charge in [-0.05, 0) is 24.6 Å². The molecule has 0 aliphatic rings. The maximum Gasteiger partial charge on any atom is 0.119 e. The van der Waals surface area contributed by atoms with Gasteiger partial charge in [-0.2, -0.15) is 0 Å². The Kier molecular flexibility index (Phi) is 2.22. The van der Waals surface area contributed by atoms with Gasteiger partial charge in [-0.1, -0.05) is 6.92 Å². The summed E-state index contributed by atoms with van der Waals surface area (Å²) in [5, 5.41) is 10.7. The summed E-state index contributed by atoms with van der Waals surface area (Å²) in [5.74, 6) is 0.390. The van der Waals surface area contributed by atoms with Crippen molar-refractivity contribution in [1.29, 1.82) is 0 Å². The summed E-state index contributed by atoms with van der Waals surface area (Å²) in [5.41, 5.74) is 1.02. The minimum atomic E-state index is 0.390. The maximum absolute atomic E-state index is 9.60. The van der Waals surface area contributed by atoms with Crippen LogP contribution in [0.25, 0.3) is 10.1 Å².